The van der Waals surface area contributed by atoms with Gasteiger partial charge in [0.1, 0.15) is 5.82 Å². The number of hydrogen-bond acceptors (Lipinski definition) is 5. The molecule has 2 atom stereocenters. The van der Waals surface area contributed by atoms with Gasteiger partial charge in [-0.15, -0.1) is 0 Å². The van der Waals surface area contributed by atoms with Crippen molar-refractivity contribution < 1.29 is 9.90 Å². The summed E-state index contributed by atoms with van der Waals surface area (Å²) >= 11 is 0. The Morgan fingerprint density at radius 2 is 1.97 bits per heavy atom. The molecule has 0 amide bonds. The summed E-state index contributed by atoms with van der Waals surface area (Å²) in [5, 5.41) is 16.3. The number of carboxylic acid groups (broad SMARTS) is 1. The maximum atomic E-state index is 12.9. The number of pyridine rings is 1. The van der Waals surface area contributed by atoms with Crippen LogP contribution in [0, 0.1) is 12.8 Å². The van der Waals surface area contributed by atoms with E-state index in [0.717, 1.165) is 54.5 Å². The largest absolute Gasteiger partial charge is 0.478 e. The highest BCUT2D eigenvalue weighted by Crippen LogP contribution is 2.36. The number of fused-ring (bicyclic) bond motifs is 4. The number of nitrogens with one attached hydrogen (secondary N) is 1. The average Bonchev–Trinajstić information content (AvgIpc) is 3.13. The molecule has 2 aromatic heterocycles. The normalized spacial score (nSPS) is 20.7. The number of H-pyrrole nitrogens is 1. The lowest BCUT2D eigenvalue weighted by atomic mass is 9.82. The highest BCUT2D eigenvalue weighted by Gasteiger charge is 2.35. The standard InChI is InChI=1S/C22H23N5O3/c1-13-23-20(25-24-13)12-26-9-14-6-18(11-26)19-7-17(8-21(28)27(19)10-14)15-2-4-16(5-3-15)22(29)30/h2-5,7-8,14,18H,6,9-12H2,1H3,(H,29,30)(H,23,24,25)/t14-,18+/m0/s1. The van der Waals surface area contributed by atoms with Gasteiger partial charge in [0.2, 0.25) is 0 Å². The summed E-state index contributed by atoms with van der Waals surface area (Å²) in [7, 11) is 0. The summed E-state index contributed by atoms with van der Waals surface area (Å²) in [4.78, 5) is 30.8. The zero-order valence-corrected chi connectivity index (χ0v) is 16.7. The van der Waals surface area contributed by atoms with Crippen molar-refractivity contribution in [1.29, 1.82) is 0 Å². The molecule has 2 bridgehead atoms. The number of aromatic amines is 1. The number of likely N-dealkylation sites (tertiary alicyclic amines) is 1. The minimum atomic E-state index is -0.956. The Morgan fingerprint density at radius 1 is 1.17 bits per heavy atom. The zero-order valence-electron chi connectivity index (χ0n) is 16.7. The number of carboxylic acids is 1. The molecular formula is C22H23N5O3. The highest BCUT2D eigenvalue weighted by molar-refractivity contribution is 5.88. The molecule has 4 heterocycles. The molecule has 8 heteroatoms. The first-order chi connectivity index (χ1) is 14.5. The number of benzene rings is 1. The van der Waals surface area contributed by atoms with E-state index < -0.39 is 5.97 Å². The number of nitrogens with zero attached hydrogens (tertiary/aromatic N) is 4. The predicted octanol–water partition coefficient (Wildman–Crippen LogP) is 2.26. The van der Waals surface area contributed by atoms with E-state index in [9.17, 15) is 9.59 Å². The Hall–Kier alpha value is -3.26. The summed E-state index contributed by atoms with van der Waals surface area (Å²) in [6.07, 6.45) is 1.07. The Morgan fingerprint density at radius 3 is 2.67 bits per heavy atom. The summed E-state index contributed by atoms with van der Waals surface area (Å²) in [5.41, 5.74) is 3.00. The lowest BCUT2D eigenvalue weighted by Crippen LogP contribution is -2.46. The number of rotatable bonds is 4. The fourth-order valence-electron chi connectivity index (χ4n) is 4.82. The van der Waals surface area contributed by atoms with Crippen LogP contribution >= 0.6 is 0 Å². The number of aromatic carboxylic acids is 1. The molecule has 0 spiro atoms. The van der Waals surface area contributed by atoms with Gasteiger partial charge in [-0.25, -0.2) is 9.78 Å². The number of carbonyl (C=O) groups is 1. The van der Waals surface area contributed by atoms with Crippen molar-refractivity contribution in [3.8, 4) is 11.1 Å². The second kappa shape index (κ2) is 7.21. The van der Waals surface area contributed by atoms with Crippen molar-refractivity contribution >= 4 is 5.97 Å². The Bertz CT molecular complexity index is 1160. The van der Waals surface area contributed by atoms with Gasteiger partial charge in [-0.3, -0.25) is 14.8 Å². The Kier molecular flexibility index (Phi) is 4.51. The maximum absolute atomic E-state index is 12.9. The first-order valence-electron chi connectivity index (χ1n) is 10.1. The molecule has 0 unspecified atom stereocenters. The summed E-state index contributed by atoms with van der Waals surface area (Å²) in [6, 6.07) is 10.4. The van der Waals surface area contributed by atoms with E-state index in [2.05, 4.69) is 26.1 Å². The molecule has 2 aliphatic rings. The molecule has 154 valence electrons. The van der Waals surface area contributed by atoms with Gasteiger partial charge in [0.05, 0.1) is 12.1 Å². The summed E-state index contributed by atoms with van der Waals surface area (Å²) in [5.74, 6) is 1.38. The van der Waals surface area contributed by atoms with Crippen LogP contribution < -0.4 is 5.56 Å². The number of aryl methyl sites for hydroxylation is 1. The van der Waals surface area contributed by atoms with Crippen LogP contribution in [-0.4, -0.2) is 48.8 Å². The lowest BCUT2D eigenvalue weighted by molar-refractivity contribution is 0.0697. The number of aromatic nitrogens is 4. The molecule has 0 radical (unpaired) electrons. The lowest BCUT2D eigenvalue weighted by Gasteiger charge is -2.42. The van der Waals surface area contributed by atoms with E-state index in [-0.39, 0.29) is 17.0 Å². The van der Waals surface area contributed by atoms with Gasteiger partial charge in [-0.1, -0.05) is 12.1 Å². The van der Waals surface area contributed by atoms with Crippen LogP contribution in [0.1, 0.15) is 40.0 Å². The number of piperidine rings is 1. The summed E-state index contributed by atoms with van der Waals surface area (Å²) < 4.78 is 1.92. The van der Waals surface area contributed by atoms with Crippen LogP contribution in [0.2, 0.25) is 0 Å². The van der Waals surface area contributed by atoms with E-state index >= 15 is 0 Å². The molecule has 1 fully saturated rings. The molecule has 1 aromatic carbocycles. The van der Waals surface area contributed by atoms with Gasteiger partial charge in [0, 0.05) is 37.3 Å². The van der Waals surface area contributed by atoms with Crippen molar-refractivity contribution in [2.45, 2.75) is 32.4 Å². The zero-order chi connectivity index (χ0) is 20.8. The second-order valence-corrected chi connectivity index (χ2v) is 8.33. The predicted molar refractivity (Wildman–Crippen MR) is 110 cm³/mol. The minimum absolute atomic E-state index is 0.0116. The molecule has 8 nitrogen and oxygen atoms in total. The van der Waals surface area contributed by atoms with Crippen LogP contribution in [0.3, 0.4) is 0 Å². The molecule has 2 N–H and O–H groups in total. The van der Waals surface area contributed by atoms with E-state index in [1.807, 2.05) is 11.5 Å². The monoisotopic (exact) mass is 405 g/mol. The first kappa shape index (κ1) is 18.7. The van der Waals surface area contributed by atoms with Gasteiger partial charge < -0.3 is 9.67 Å². The highest BCUT2D eigenvalue weighted by atomic mass is 16.4. The fraction of sp³-hybridized carbons (Fsp3) is 0.364. The SMILES string of the molecule is Cc1nc(CN2C[C@@H]3C[C@H](C2)c2cc(-c4ccc(C(=O)O)cc4)cc(=O)n2C3)n[nH]1. The van der Waals surface area contributed by atoms with Crippen LogP contribution in [0.25, 0.3) is 11.1 Å². The molecule has 3 aromatic rings. The topological polar surface area (TPSA) is 104 Å². The second-order valence-electron chi connectivity index (χ2n) is 8.33. The van der Waals surface area contributed by atoms with Gasteiger partial charge in [0.15, 0.2) is 5.82 Å². The molecule has 0 saturated carbocycles. The van der Waals surface area contributed by atoms with Crippen LogP contribution in [-0.2, 0) is 13.1 Å². The minimum Gasteiger partial charge on any atom is -0.478 e. The third-order valence-electron chi connectivity index (χ3n) is 6.11. The average molecular weight is 405 g/mol. The van der Waals surface area contributed by atoms with Crippen molar-refractivity contribution in [1.82, 2.24) is 24.6 Å². The molecule has 30 heavy (non-hydrogen) atoms. The molecular weight excluding hydrogens is 382 g/mol. The van der Waals surface area contributed by atoms with Crippen molar-refractivity contribution in [3.05, 3.63) is 69.7 Å². The van der Waals surface area contributed by atoms with Crippen LogP contribution in [0.4, 0.5) is 0 Å². The van der Waals surface area contributed by atoms with Gasteiger partial charge in [0.25, 0.3) is 5.56 Å². The van der Waals surface area contributed by atoms with Gasteiger partial charge in [-0.2, -0.15) is 5.10 Å². The van der Waals surface area contributed by atoms with E-state index in [1.54, 1.807) is 30.3 Å². The molecule has 0 aliphatic carbocycles. The first-order valence-corrected chi connectivity index (χ1v) is 10.1. The van der Waals surface area contributed by atoms with Gasteiger partial charge >= 0.3 is 5.97 Å². The fourth-order valence-corrected chi connectivity index (χ4v) is 4.82. The smallest absolute Gasteiger partial charge is 0.335 e. The van der Waals surface area contributed by atoms with E-state index in [1.165, 1.54) is 0 Å². The number of hydrogen-bond donors (Lipinski definition) is 2. The van der Waals surface area contributed by atoms with Crippen molar-refractivity contribution in [2.24, 2.45) is 5.92 Å². The third kappa shape index (κ3) is 3.43. The van der Waals surface area contributed by atoms with Crippen molar-refractivity contribution in [3.63, 3.8) is 0 Å². The van der Waals surface area contributed by atoms with Gasteiger partial charge in [-0.05, 0) is 48.6 Å². The Balaban J connectivity index is 1.44. The van der Waals surface area contributed by atoms with Crippen LogP contribution in [0.5, 0.6) is 0 Å². The molecule has 2 aliphatic heterocycles. The Labute approximate surface area is 173 Å². The van der Waals surface area contributed by atoms with Crippen molar-refractivity contribution in [2.75, 3.05) is 13.1 Å². The maximum Gasteiger partial charge on any atom is 0.335 e. The molecule has 1 saturated heterocycles. The molecule has 5 rings (SSSR count). The van der Waals surface area contributed by atoms with E-state index in [0.29, 0.717) is 12.5 Å². The van der Waals surface area contributed by atoms with E-state index in [4.69, 9.17) is 5.11 Å². The summed E-state index contributed by atoms with van der Waals surface area (Å²) in [6.45, 7) is 5.14. The third-order valence-corrected chi connectivity index (χ3v) is 6.11. The quantitative estimate of drug-likeness (QED) is 0.690. The van der Waals surface area contributed by atoms with Crippen LogP contribution in [0.15, 0.2) is 41.2 Å².